The third-order valence-corrected chi connectivity index (χ3v) is 1.44. The molecule has 0 aromatic carbocycles. The van der Waals surface area contributed by atoms with Gasteiger partial charge in [-0.1, -0.05) is 30.4 Å². The van der Waals surface area contributed by atoms with E-state index in [2.05, 4.69) is 0 Å². The molecule has 0 heterocycles. The van der Waals surface area contributed by atoms with Gasteiger partial charge in [0.2, 0.25) is 0 Å². The minimum Gasteiger partial charge on any atom is -0.512 e. The topological polar surface area (TPSA) is 20.2 Å². The van der Waals surface area contributed by atoms with E-state index in [0.717, 1.165) is 5.57 Å². The maximum absolute atomic E-state index is 9.22. The van der Waals surface area contributed by atoms with Gasteiger partial charge in [0.1, 0.15) is 0 Å². The van der Waals surface area contributed by atoms with Crippen LogP contribution in [0.1, 0.15) is 13.3 Å². The third-order valence-electron chi connectivity index (χ3n) is 1.44. The standard InChI is InChI=1S/C10H12O/c1-2-5-9-6-3-4-7-10(11)8-9/h2-6,8,11H,7H2,1H3. The quantitative estimate of drug-likeness (QED) is 0.606. The van der Waals surface area contributed by atoms with E-state index in [1.165, 1.54) is 0 Å². The van der Waals surface area contributed by atoms with Crippen LogP contribution in [-0.4, -0.2) is 5.11 Å². The van der Waals surface area contributed by atoms with Crippen molar-refractivity contribution in [1.82, 2.24) is 0 Å². The van der Waals surface area contributed by atoms with Gasteiger partial charge in [-0.25, -0.2) is 0 Å². The second-order valence-electron chi connectivity index (χ2n) is 2.43. The van der Waals surface area contributed by atoms with E-state index < -0.39 is 0 Å². The van der Waals surface area contributed by atoms with Gasteiger partial charge in [0.25, 0.3) is 0 Å². The Morgan fingerprint density at radius 1 is 1.55 bits per heavy atom. The molecule has 0 bridgehead atoms. The first kappa shape index (κ1) is 7.86. The summed E-state index contributed by atoms with van der Waals surface area (Å²) >= 11 is 0. The van der Waals surface area contributed by atoms with Crippen LogP contribution in [0.25, 0.3) is 0 Å². The molecule has 0 aromatic heterocycles. The van der Waals surface area contributed by atoms with Gasteiger partial charge in [-0.05, 0) is 18.6 Å². The van der Waals surface area contributed by atoms with Crippen molar-refractivity contribution >= 4 is 0 Å². The zero-order valence-electron chi connectivity index (χ0n) is 6.62. The Morgan fingerprint density at radius 2 is 2.36 bits per heavy atom. The molecule has 1 aliphatic carbocycles. The minimum atomic E-state index is 0.420. The van der Waals surface area contributed by atoms with Crippen molar-refractivity contribution in [2.45, 2.75) is 13.3 Å². The number of allylic oxidation sites excluding steroid dienone is 7. The van der Waals surface area contributed by atoms with Crippen LogP contribution in [0.15, 0.2) is 47.8 Å². The summed E-state index contributed by atoms with van der Waals surface area (Å²) in [4.78, 5) is 0. The van der Waals surface area contributed by atoms with Crippen LogP contribution in [-0.2, 0) is 0 Å². The van der Waals surface area contributed by atoms with Crippen molar-refractivity contribution in [3.8, 4) is 0 Å². The lowest BCUT2D eigenvalue weighted by atomic mass is 10.2. The van der Waals surface area contributed by atoms with E-state index in [9.17, 15) is 5.11 Å². The fourth-order valence-corrected chi connectivity index (χ4v) is 0.963. The van der Waals surface area contributed by atoms with E-state index in [1.807, 2.05) is 37.3 Å². The van der Waals surface area contributed by atoms with Crippen LogP contribution in [0.2, 0.25) is 0 Å². The second kappa shape index (κ2) is 3.81. The molecule has 58 valence electrons. The van der Waals surface area contributed by atoms with Gasteiger partial charge in [-0.2, -0.15) is 0 Å². The minimum absolute atomic E-state index is 0.420. The summed E-state index contributed by atoms with van der Waals surface area (Å²) in [5, 5.41) is 9.22. The van der Waals surface area contributed by atoms with Gasteiger partial charge in [-0.15, -0.1) is 0 Å². The molecular formula is C10H12O. The van der Waals surface area contributed by atoms with Gasteiger partial charge < -0.3 is 5.11 Å². The predicted octanol–water partition coefficient (Wildman–Crippen LogP) is 2.89. The molecule has 11 heavy (non-hydrogen) atoms. The predicted molar refractivity (Wildman–Crippen MR) is 47.4 cm³/mol. The summed E-state index contributed by atoms with van der Waals surface area (Å²) in [6.07, 6.45) is 12.2. The monoisotopic (exact) mass is 148 g/mol. The van der Waals surface area contributed by atoms with Crippen molar-refractivity contribution in [1.29, 1.82) is 0 Å². The van der Waals surface area contributed by atoms with Crippen LogP contribution in [0.3, 0.4) is 0 Å². The maximum atomic E-state index is 9.22. The average molecular weight is 148 g/mol. The summed E-state index contributed by atoms with van der Waals surface area (Å²) in [5.74, 6) is 0.420. The number of rotatable bonds is 1. The second-order valence-corrected chi connectivity index (χ2v) is 2.43. The van der Waals surface area contributed by atoms with Crippen LogP contribution in [0.5, 0.6) is 0 Å². The highest BCUT2D eigenvalue weighted by Crippen LogP contribution is 2.10. The van der Waals surface area contributed by atoms with Gasteiger partial charge in [0, 0.05) is 6.42 Å². The van der Waals surface area contributed by atoms with Gasteiger partial charge in [-0.3, -0.25) is 0 Å². The zero-order chi connectivity index (χ0) is 8.10. The largest absolute Gasteiger partial charge is 0.512 e. The average Bonchev–Trinajstić information content (AvgIpc) is 2.15. The Bertz CT molecular complexity index is 242. The molecule has 1 aliphatic rings. The van der Waals surface area contributed by atoms with Gasteiger partial charge >= 0.3 is 0 Å². The number of hydrogen-bond acceptors (Lipinski definition) is 1. The van der Waals surface area contributed by atoms with Crippen LogP contribution in [0, 0.1) is 0 Å². The molecule has 0 spiro atoms. The summed E-state index contributed by atoms with van der Waals surface area (Å²) < 4.78 is 0. The fraction of sp³-hybridized carbons (Fsp3) is 0.200. The first-order valence-corrected chi connectivity index (χ1v) is 3.72. The van der Waals surface area contributed by atoms with E-state index in [4.69, 9.17) is 0 Å². The van der Waals surface area contributed by atoms with E-state index in [-0.39, 0.29) is 0 Å². The Morgan fingerprint density at radius 3 is 3.09 bits per heavy atom. The fourth-order valence-electron chi connectivity index (χ4n) is 0.963. The molecule has 0 amide bonds. The normalized spacial score (nSPS) is 17.9. The lowest BCUT2D eigenvalue weighted by Gasteiger charge is -1.92. The first-order valence-electron chi connectivity index (χ1n) is 3.72. The van der Waals surface area contributed by atoms with Crippen molar-refractivity contribution in [2.24, 2.45) is 0 Å². The summed E-state index contributed by atoms with van der Waals surface area (Å²) in [6, 6.07) is 0. The molecule has 0 aromatic rings. The van der Waals surface area contributed by atoms with E-state index >= 15 is 0 Å². The molecule has 1 rings (SSSR count). The first-order chi connectivity index (χ1) is 5.33. The van der Waals surface area contributed by atoms with E-state index in [1.54, 1.807) is 6.08 Å². The zero-order valence-corrected chi connectivity index (χ0v) is 6.62. The Labute approximate surface area is 67.1 Å². The number of hydrogen-bond donors (Lipinski definition) is 1. The lowest BCUT2D eigenvalue weighted by molar-refractivity contribution is 0.401. The van der Waals surface area contributed by atoms with Crippen LogP contribution in [0.4, 0.5) is 0 Å². The molecule has 0 fully saturated rings. The SMILES string of the molecule is CC=CC1=CC=CCC(O)=C1. The molecule has 0 unspecified atom stereocenters. The number of aliphatic hydroxyl groups is 1. The van der Waals surface area contributed by atoms with Crippen LogP contribution >= 0.6 is 0 Å². The van der Waals surface area contributed by atoms with Crippen LogP contribution < -0.4 is 0 Å². The third kappa shape index (κ3) is 2.46. The lowest BCUT2D eigenvalue weighted by Crippen LogP contribution is -1.77. The Balaban J connectivity index is 2.84. The molecule has 0 saturated carbocycles. The molecule has 0 aliphatic heterocycles. The molecule has 0 saturated heterocycles. The molecule has 0 radical (unpaired) electrons. The van der Waals surface area contributed by atoms with Crippen molar-refractivity contribution in [3.63, 3.8) is 0 Å². The summed E-state index contributed by atoms with van der Waals surface area (Å²) in [7, 11) is 0. The number of aliphatic hydroxyl groups excluding tert-OH is 1. The molecule has 1 heteroatoms. The van der Waals surface area contributed by atoms with Crippen molar-refractivity contribution < 1.29 is 5.11 Å². The highest BCUT2D eigenvalue weighted by molar-refractivity contribution is 5.37. The molecule has 1 N–H and O–H groups in total. The molecule has 1 nitrogen and oxygen atoms in total. The summed E-state index contributed by atoms with van der Waals surface area (Å²) in [5.41, 5.74) is 1.04. The smallest absolute Gasteiger partial charge is 0.0966 e. The highest BCUT2D eigenvalue weighted by Gasteiger charge is 1.94. The van der Waals surface area contributed by atoms with Gasteiger partial charge in [0.05, 0.1) is 5.76 Å². The maximum Gasteiger partial charge on any atom is 0.0966 e. The van der Waals surface area contributed by atoms with Crippen molar-refractivity contribution in [2.75, 3.05) is 0 Å². The van der Waals surface area contributed by atoms with Crippen molar-refractivity contribution in [3.05, 3.63) is 47.8 Å². The summed E-state index contributed by atoms with van der Waals surface area (Å²) in [6.45, 7) is 1.96. The Kier molecular flexibility index (Phi) is 2.73. The molecular weight excluding hydrogens is 136 g/mol. The Hall–Kier alpha value is -1.24. The molecule has 0 atom stereocenters. The van der Waals surface area contributed by atoms with E-state index in [0.29, 0.717) is 12.2 Å². The van der Waals surface area contributed by atoms with Gasteiger partial charge in [0.15, 0.2) is 0 Å². The highest BCUT2D eigenvalue weighted by atomic mass is 16.3.